The van der Waals surface area contributed by atoms with Crippen LogP contribution in [0.5, 0.6) is 0 Å². The van der Waals surface area contributed by atoms with Crippen LogP contribution < -0.4 is 10.9 Å². The van der Waals surface area contributed by atoms with Crippen molar-refractivity contribution in [2.75, 3.05) is 0 Å². The van der Waals surface area contributed by atoms with Gasteiger partial charge in [-0.1, -0.05) is 13.3 Å². The number of nitrogens with one attached hydrogen (secondary N) is 1. The van der Waals surface area contributed by atoms with E-state index in [1.807, 2.05) is 6.92 Å². The number of carbonyl (C=O) groups excluding carboxylic acids is 3. The van der Waals surface area contributed by atoms with Crippen LogP contribution in [0.15, 0.2) is 29.1 Å². The zero-order valence-electron chi connectivity index (χ0n) is 16.1. The zero-order chi connectivity index (χ0) is 20.7. The second-order valence-electron chi connectivity index (χ2n) is 6.22. The molecular formula is C19H23N3O5S. The van der Waals surface area contributed by atoms with Crippen molar-refractivity contribution in [2.24, 2.45) is 0 Å². The van der Waals surface area contributed by atoms with Crippen molar-refractivity contribution in [3.05, 3.63) is 50.1 Å². The lowest BCUT2D eigenvalue weighted by Gasteiger charge is -2.11. The summed E-state index contributed by atoms with van der Waals surface area (Å²) in [5, 5.41) is 6.68. The van der Waals surface area contributed by atoms with Crippen molar-refractivity contribution in [1.29, 1.82) is 0 Å². The number of aromatic nitrogens is 2. The van der Waals surface area contributed by atoms with E-state index in [1.54, 1.807) is 12.1 Å². The molecule has 8 nitrogen and oxygen atoms in total. The molecule has 0 fully saturated rings. The first-order chi connectivity index (χ1) is 13.3. The fraction of sp³-hybridized carbons (Fsp3) is 0.421. The van der Waals surface area contributed by atoms with Gasteiger partial charge in [0, 0.05) is 24.4 Å². The van der Waals surface area contributed by atoms with E-state index in [1.165, 1.54) is 42.0 Å². The maximum atomic E-state index is 12.5. The summed E-state index contributed by atoms with van der Waals surface area (Å²) in [6.07, 6.45) is 0.649. The molecule has 2 rings (SSSR count). The number of unbranched alkanes of at least 4 members (excludes halogenated alkanes) is 1. The molecule has 0 saturated carbocycles. The fourth-order valence-corrected chi connectivity index (χ4v) is 3.28. The van der Waals surface area contributed by atoms with Crippen LogP contribution in [0.3, 0.4) is 0 Å². The minimum atomic E-state index is -1.00. The van der Waals surface area contributed by atoms with Gasteiger partial charge in [-0.05, 0) is 31.5 Å². The largest absolute Gasteiger partial charge is 0.449 e. The highest BCUT2D eigenvalue weighted by atomic mass is 32.1. The predicted octanol–water partition coefficient (Wildman–Crippen LogP) is 2.17. The molecule has 1 N–H and O–H groups in total. The molecule has 0 aromatic carbocycles. The average Bonchev–Trinajstić information content (AvgIpc) is 3.14. The minimum Gasteiger partial charge on any atom is -0.449 e. The van der Waals surface area contributed by atoms with Gasteiger partial charge >= 0.3 is 5.97 Å². The number of Topliss-reactive ketones (excluding diaryl/α,β-unsaturated/α-hetero) is 1. The van der Waals surface area contributed by atoms with Gasteiger partial charge < -0.3 is 10.1 Å². The van der Waals surface area contributed by atoms with E-state index < -0.39 is 12.1 Å². The third-order valence-electron chi connectivity index (χ3n) is 3.87. The molecule has 0 spiro atoms. The van der Waals surface area contributed by atoms with E-state index in [-0.39, 0.29) is 22.9 Å². The first-order valence-corrected chi connectivity index (χ1v) is 9.80. The van der Waals surface area contributed by atoms with E-state index in [0.29, 0.717) is 18.0 Å². The van der Waals surface area contributed by atoms with Crippen LogP contribution >= 0.6 is 11.3 Å². The van der Waals surface area contributed by atoms with Crippen molar-refractivity contribution in [2.45, 2.75) is 52.8 Å². The lowest BCUT2D eigenvalue weighted by Crippen LogP contribution is -2.28. The lowest BCUT2D eigenvalue weighted by atomic mass is 10.2. The highest BCUT2D eigenvalue weighted by Gasteiger charge is 2.23. The maximum Gasteiger partial charge on any atom is 0.359 e. The smallest absolute Gasteiger partial charge is 0.359 e. The summed E-state index contributed by atoms with van der Waals surface area (Å²) in [5.41, 5.74) is -0.313. The molecule has 150 valence electrons. The number of hydrogen-bond acceptors (Lipinski definition) is 7. The number of ether oxygens (including phenoxy) is 1. The first-order valence-electron chi connectivity index (χ1n) is 8.98. The van der Waals surface area contributed by atoms with Crippen molar-refractivity contribution >= 4 is 29.0 Å². The van der Waals surface area contributed by atoms with Crippen molar-refractivity contribution in [3.63, 3.8) is 0 Å². The first kappa shape index (κ1) is 21.5. The van der Waals surface area contributed by atoms with Gasteiger partial charge in [-0.25, -0.2) is 9.48 Å². The molecule has 2 heterocycles. The number of nitrogens with zero attached hydrogens (tertiary/aromatic N) is 2. The van der Waals surface area contributed by atoms with Gasteiger partial charge in [0.15, 0.2) is 11.8 Å². The van der Waals surface area contributed by atoms with Gasteiger partial charge in [-0.2, -0.15) is 5.10 Å². The normalized spacial score (nSPS) is 11.7. The van der Waals surface area contributed by atoms with Crippen LogP contribution in [-0.2, 0) is 22.6 Å². The highest BCUT2D eigenvalue weighted by molar-refractivity contribution is 7.14. The van der Waals surface area contributed by atoms with Gasteiger partial charge in [-0.3, -0.25) is 14.4 Å². The van der Waals surface area contributed by atoms with Gasteiger partial charge in [0.1, 0.15) is 0 Å². The molecular weight excluding hydrogens is 382 g/mol. The summed E-state index contributed by atoms with van der Waals surface area (Å²) in [4.78, 5) is 48.8. The Kier molecular flexibility index (Phi) is 7.62. The molecule has 0 aliphatic rings. The monoisotopic (exact) mass is 405 g/mol. The van der Waals surface area contributed by atoms with Crippen LogP contribution in [0.2, 0.25) is 0 Å². The topological polar surface area (TPSA) is 107 Å². The molecule has 0 radical (unpaired) electrons. The van der Waals surface area contributed by atoms with Crippen molar-refractivity contribution in [3.8, 4) is 0 Å². The van der Waals surface area contributed by atoms with Crippen molar-refractivity contribution in [1.82, 2.24) is 15.1 Å². The van der Waals surface area contributed by atoms with E-state index >= 15 is 0 Å². The molecule has 1 unspecified atom stereocenters. The highest BCUT2D eigenvalue weighted by Crippen LogP contribution is 2.19. The Morgan fingerprint density at radius 2 is 2.00 bits per heavy atom. The number of hydrogen-bond donors (Lipinski definition) is 1. The van der Waals surface area contributed by atoms with E-state index in [9.17, 15) is 19.2 Å². The molecule has 0 aliphatic carbocycles. The third-order valence-corrected chi connectivity index (χ3v) is 4.97. The number of rotatable bonds is 9. The second-order valence-corrected chi connectivity index (χ2v) is 7.39. The summed E-state index contributed by atoms with van der Waals surface area (Å²) >= 11 is 1.23. The maximum absolute atomic E-state index is 12.5. The Morgan fingerprint density at radius 1 is 1.25 bits per heavy atom. The van der Waals surface area contributed by atoms with Crippen LogP contribution in [0.1, 0.15) is 58.7 Å². The van der Waals surface area contributed by atoms with E-state index in [2.05, 4.69) is 10.4 Å². The standard InChI is InChI=1S/C19H23N3O5S/c1-4-5-10-22-17(24)9-7-15(21-22)19(26)27-12(2)18(25)16-8-6-14(28-16)11-20-13(3)23/h6-9,12H,4-5,10-11H2,1-3H3,(H,20,23). The van der Waals surface area contributed by atoms with Gasteiger partial charge in [-0.15, -0.1) is 11.3 Å². The molecule has 1 amide bonds. The number of esters is 1. The Bertz CT molecular complexity index is 918. The summed E-state index contributed by atoms with van der Waals surface area (Å²) in [6, 6.07) is 5.94. The number of ketones is 1. The Hall–Kier alpha value is -2.81. The van der Waals surface area contributed by atoms with Gasteiger partial charge in [0.25, 0.3) is 5.56 Å². The molecule has 1 atom stereocenters. The number of amides is 1. The molecule has 0 aliphatic heterocycles. The quantitative estimate of drug-likeness (QED) is 0.506. The van der Waals surface area contributed by atoms with Crippen LogP contribution in [-0.4, -0.2) is 33.5 Å². The van der Waals surface area contributed by atoms with Crippen LogP contribution in [0.25, 0.3) is 0 Å². The summed E-state index contributed by atoms with van der Waals surface area (Å²) in [5.74, 6) is -1.26. The summed E-state index contributed by atoms with van der Waals surface area (Å²) in [7, 11) is 0. The lowest BCUT2D eigenvalue weighted by molar-refractivity contribution is -0.119. The second kappa shape index (κ2) is 9.93. The van der Waals surface area contributed by atoms with E-state index in [0.717, 1.165) is 17.7 Å². The Labute approximate surface area is 166 Å². The summed E-state index contributed by atoms with van der Waals surface area (Å²) < 4.78 is 6.45. The Morgan fingerprint density at radius 3 is 2.68 bits per heavy atom. The molecule has 9 heteroatoms. The fourth-order valence-electron chi connectivity index (χ4n) is 2.32. The van der Waals surface area contributed by atoms with Gasteiger partial charge in [0.2, 0.25) is 11.7 Å². The Balaban J connectivity index is 2.02. The number of carbonyl (C=O) groups is 3. The molecule has 2 aromatic heterocycles. The molecule has 28 heavy (non-hydrogen) atoms. The van der Waals surface area contributed by atoms with Crippen LogP contribution in [0, 0.1) is 0 Å². The number of aryl methyl sites for hydroxylation is 1. The molecule has 2 aromatic rings. The van der Waals surface area contributed by atoms with Gasteiger partial charge in [0.05, 0.1) is 11.4 Å². The predicted molar refractivity (Wildman–Crippen MR) is 104 cm³/mol. The zero-order valence-corrected chi connectivity index (χ0v) is 16.9. The molecule has 0 saturated heterocycles. The van der Waals surface area contributed by atoms with E-state index in [4.69, 9.17) is 4.74 Å². The SMILES string of the molecule is CCCCn1nc(C(=O)OC(C)C(=O)c2ccc(CNC(C)=O)s2)ccc1=O. The third kappa shape index (κ3) is 5.85. The minimum absolute atomic E-state index is 0.0205. The average molecular weight is 405 g/mol. The summed E-state index contributed by atoms with van der Waals surface area (Å²) in [6.45, 7) is 5.64. The number of thiophene rings is 1. The molecule has 0 bridgehead atoms. The van der Waals surface area contributed by atoms with Crippen LogP contribution in [0.4, 0.5) is 0 Å². The van der Waals surface area contributed by atoms with Crippen molar-refractivity contribution < 1.29 is 19.1 Å².